The van der Waals surface area contributed by atoms with E-state index in [1.54, 1.807) is 7.11 Å². The second kappa shape index (κ2) is 7.34. The van der Waals surface area contributed by atoms with Crippen LogP contribution in [0.5, 0.6) is 0 Å². The zero-order chi connectivity index (χ0) is 15.2. The van der Waals surface area contributed by atoms with Gasteiger partial charge >= 0.3 is 0 Å². The van der Waals surface area contributed by atoms with Gasteiger partial charge in [-0.1, -0.05) is 32.1 Å². The number of aromatic amines is 1. The van der Waals surface area contributed by atoms with E-state index in [0.29, 0.717) is 6.04 Å². The predicted molar refractivity (Wildman–Crippen MR) is 89.7 cm³/mol. The van der Waals surface area contributed by atoms with E-state index in [1.807, 2.05) is 30.6 Å². The van der Waals surface area contributed by atoms with Crippen LogP contribution in [0, 0.1) is 0 Å². The molecule has 1 aromatic rings. The third-order valence-corrected chi connectivity index (χ3v) is 4.42. The molecular formula is C18H25N3O. The topological polar surface area (TPSA) is 49.4 Å². The number of rotatable bonds is 4. The highest BCUT2D eigenvalue weighted by molar-refractivity contribution is 6.10. The number of allylic oxidation sites excluding steroid dienone is 1. The van der Waals surface area contributed by atoms with Crippen LogP contribution in [0.1, 0.15) is 50.6 Å². The normalized spacial score (nSPS) is 22.0. The van der Waals surface area contributed by atoms with Crippen molar-refractivity contribution in [2.75, 3.05) is 7.11 Å². The highest BCUT2D eigenvalue weighted by Crippen LogP contribution is 2.22. The second-order valence-electron chi connectivity index (χ2n) is 6.03. The van der Waals surface area contributed by atoms with Crippen molar-refractivity contribution in [3.63, 3.8) is 0 Å². The summed E-state index contributed by atoms with van der Waals surface area (Å²) in [5.41, 5.74) is 2.82. The summed E-state index contributed by atoms with van der Waals surface area (Å²) in [6, 6.07) is 4.57. The Hall–Kier alpha value is -1.97. The van der Waals surface area contributed by atoms with Crippen LogP contribution in [0.25, 0.3) is 0 Å². The Balaban J connectivity index is 1.68. The molecule has 2 heterocycles. The summed E-state index contributed by atoms with van der Waals surface area (Å²) in [4.78, 5) is 7.86. The average molecular weight is 299 g/mol. The van der Waals surface area contributed by atoms with E-state index in [0.717, 1.165) is 22.9 Å². The molecule has 0 radical (unpaired) electrons. The van der Waals surface area contributed by atoms with Gasteiger partial charge in [0.2, 0.25) is 0 Å². The number of H-pyrrole nitrogens is 1. The maximum atomic E-state index is 5.46. The minimum Gasteiger partial charge on any atom is -0.494 e. The van der Waals surface area contributed by atoms with Crippen LogP contribution in [-0.4, -0.2) is 23.8 Å². The Morgan fingerprint density at radius 1 is 1.23 bits per heavy atom. The van der Waals surface area contributed by atoms with Crippen molar-refractivity contribution < 1.29 is 4.74 Å². The van der Waals surface area contributed by atoms with Crippen molar-refractivity contribution in [3.8, 4) is 0 Å². The lowest BCUT2D eigenvalue weighted by Crippen LogP contribution is -2.25. The van der Waals surface area contributed by atoms with Crippen LogP contribution < -0.4 is 5.32 Å². The van der Waals surface area contributed by atoms with Crippen LogP contribution in [0.3, 0.4) is 0 Å². The van der Waals surface area contributed by atoms with Crippen LogP contribution in [0.4, 0.5) is 0 Å². The SMILES string of the molecule is COC1=CC(c2ccc[nH]2)=N/C1=C\NC1CCCCCCC1. The zero-order valence-electron chi connectivity index (χ0n) is 13.3. The van der Waals surface area contributed by atoms with E-state index in [4.69, 9.17) is 4.74 Å². The number of hydrogen-bond acceptors (Lipinski definition) is 3. The lowest BCUT2D eigenvalue weighted by atomic mass is 9.97. The summed E-state index contributed by atoms with van der Waals surface area (Å²) >= 11 is 0. The number of ether oxygens (including phenoxy) is 1. The standard InChI is InChI=1S/C18H25N3O/c1-22-18-12-16(15-10-7-11-19-15)21-17(18)13-20-14-8-5-3-2-4-6-9-14/h7,10-14,19-20H,2-6,8-9H2,1H3/b17-13-. The average Bonchev–Trinajstić information content (AvgIpc) is 3.15. The molecule has 22 heavy (non-hydrogen) atoms. The number of aliphatic imine (C=N–C) groups is 1. The van der Waals surface area contributed by atoms with Gasteiger partial charge in [-0.3, -0.25) is 0 Å². The van der Waals surface area contributed by atoms with E-state index in [9.17, 15) is 0 Å². The van der Waals surface area contributed by atoms with Crippen LogP contribution >= 0.6 is 0 Å². The molecule has 0 bridgehead atoms. The minimum absolute atomic E-state index is 0.565. The fourth-order valence-corrected chi connectivity index (χ4v) is 3.13. The van der Waals surface area contributed by atoms with Gasteiger partial charge in [0.05, 0.1) is 18.5 Å². The second-order valence-corrected chi connectivity index (χ2v) is 6.03. The number of methoxy groups -OCH3 is 1. The molecule has 3 rings (SSSR count). The Morgan fingerprint density at radius 3 is 2.68 bits per heavy atom. The zero-order valence-corrected chi connectivity index (χ0v) is 13.3. The molecule has 4 heteroatoms. The third kappa shape index (κ3) is 3.62. The van der Waals surface area contributed by atoms with E-state index in [1.165, 1.54) is 44.9 Å². The highest BCUT2D eigenvalue weighted by Gasteiger charge is 2.17. The molecule has 1 fully saturated rings. The van der Waals surface area contributed by atoms with Gasteiger partial charge in [-0.05, 0) is 25.0 Å². The summed E-state index contributed by atoms with van der Waals surface area (Å²) in [7, 11) is 1.70. The number of nitrogens with one attached hydrogen (secondary N) is 2. The molecule has 1 aliphatic heterocycles. The smallest absolute Gasteiger partial charge is 0.148 e. The molecular weight excluding hydrogens is 274 g/mol. The number of nitrogens with zero attached hydrogens (tertiary/aromatic N) is 1. The van der Waals surface area contributed by atoms with Crippen LogP contribution in [-0.2, 0) is 4.74 Å². The molecule has 0 unspecified atom stereocenters. The Morgan fingerprint density at radius 2 is 2.00 bits per heavy atom. The molecule has 1 saturated carbocycles. The maximum absolute atomic E-state index is 5.46. The summed E-state index contributed by atoms with van der Waals surface area (Å²) in [6.07, 6.45) is 15.2. The number of aromatic nitrogens is 1. The molecule has 1 aliphatic carbocycles. The quantitative estimate of drug-likeness (QED) is 0.886. The number of hydrogen-bond donors (Lipinski definition) is 2. The van der Waals surface area contributed by atoms with Crippen molar-refractivity contribution >= 4 is 5.71 Å². The first kappa shape index (κ1) is 14.9. The van der Waals surface area contributed by atoms with Crippen LogP contribution in [0.2, 0.25) is 0 Å². The minimum atomic E-state index is 0.565. The van der Waals surface area contributed by atoms with Gasteiger partial charge < -0.3 is 15.0 Å². The Bertz CT molecular complexity index is 561. The van der Waals surface area contributed by atoms with Gasteiger partial charge in [0.15, 0.2) is 0 Å². The van der Waals surface area contributed by atoms with Crippen LogP contribution in [0.15, 0.2) is 47.1 Å². The molecule has 0 aromatic carbocycles. The van der Waals surface area contributed by atoms with Gasteiger partial charge in [0, 0.05) is 24.5 Å². The monoisotopic (exact) mass is 299 g/mol. The molecule has 118 valence electrons. The van der Waals surface area contributed by atoms with Gasteiger partial charge in [-0.25, -0.2) is 4.99 Å². The van der Waals surface area contributed by atoms with Crippen molar-refractivity contribution in [1.29, 1.82) is 0 Å². The summed E-state index contributed by atoms with van der Waals surface area (Å²) in [6.45, 7) is 0. The van der Waals surface area contributed by atoms with E-state index in [2.05, 4.69) is 15.3 Å². The van der Waals surface area contributed by atoms with E-state index >= 15 is 0 Å². The van der Waals surface area contributed by atoms with Gasteiger partial charge in [-0.2, -0.15) is 0 Å². The molecule has 2 N–H and O–H groups in total. The molecule has 0 atom stereocenters. The van der Waals surface area contributed by atoms with Crippen molar-refractivity contribution in [2.24, 2.45) is 4.99 Å². The largest absolute Gasteiger partial charge is 0.494 e. The van der Waals surface area contributed by atoms with Gasteiger partial charge in [0.1, 0.15) is 11.5 Å². The maximum Gasteiger partial charge on any atom is 0.148 e. The van der Waals surface area contributed by atoms with Crippen molar-refractivity contribution in [3.05, 3.63) is 47.8 Å². The molecule has 0 spiro atoms. The first-order chi connectivity index (χ1) is 10.9. The molecule has 2 aliphatic rings. The first-order valence-corrected chi connectivity index (χ1v) is 8.31. The third-order valence-electron chi connectivity index (χ3n) is 4.42. The summed E-state index contributed by atoms with van der Waals surface area (Å²) in [5, 5.41) is 3.56. The highest BCUT2D eigenvalue weighted by atomic mass is 16.5. The van der Waals surface area contributed by atoms with Crippen molar-refractivity contribution in [1.82, 2.24) is 10.3 Å². The lowest BCUT2D eigenvalue weighted by molar-refractivity contribution is 0.301. The molecule has 4 nitrogen and oxygen atoms in total. The van der Waals surface area contributed by atoms with Gasteiger partial charge in [-0.15, -0.1) is 0 Å². The summed E-state index contributed by atoms with van der Waals surface area (Å²) < 4.78 is 5.46. The lowest BCUT2D eigenvalue weighted by Gasteiger charge is -2.20. The predicted octanol–water partition coefficient (Wildman–Crippen LogP) is 3.89. The molecule has 0 amide bonds. The molecule has 1 aromatic heterocycles. The van der Waals surface area contributed by atoms with E-state index < -0.39 is 0 Å². The Kier molecular flexibility index (Phi) is 4.99. The van der Waals surface area contributed by atoms with Gasteiger partial charge in [0.25, 0.3) is 0 Å². The Labute approximate surface area is 132 Å². The molecule has 0 saturated heterocycles. The van der Waals surface area contributed by atoms with Crippen molar-refractivity contribution in [2.45, 2.75) is 51.0 Å². The fraction of sp³-hybridized carbons (Fsp3) is 0.500. The summed E-state index contributed by atoms with van der Waals surface area (Å²) in [5.74, 6) is 0.822. The first-order valence-electron chi connectivity index (χ1n) is 8.31. The van der Waals surface area contributed by atoms with E-state index in [-0.39, 0.29) is 0 Å². The fourth-order valence-electron chi connectivity index (χ4n) is 3.13.